The Bertz CT molecular complexity index is 1140. The number of nitrogens with zero attached hydrogens (tertiary/aromatic N) is 1. The predicted molar refractivity (Wildman–Crippen MR) is 111 cm³/mol. The Labute approximate surface area is 161 Å². The summed E-state index contributed by atoms with van der Waals surface area (Å²) in [6.07, 6.45) is 2.15. The summed E-state index contributed by atoms with van der Waals surface area (Å²) in [6, 6.07) is 22.4. The Hall–Kier alpha value is -2.67. The molecule has 27 heavy (non-hydrogen) atoms. The lowest BCUT2D eigenvalue weighted by atomic mass is 9.79. The smallest absolute Gasteiger partial charge is 0.423 e. The Morgan fingerprint density at radius 2 is 1.85 bits per heavy atom. The van der Waals surface area contributed by atoms with E-state index in [0.717, 1.165) is 32.8 Å². The molecule has 0 saturated carbocycles. The van der Waals surface area contributed by atoms with Crippen LogP contribution in [-0.2, 0) is 11.3 Å². The number of nitrogen functional groups attached to an aromatic ring is 1. The van der Waals surface area contributed by atoms with Crippen LogP contribution >= 0.6 is 11.8 Å². The third-order valence-electron chi connectivity index (χ3n) is 4.85. The molecule has 1 aromatic heterocycles. The zero-order valence-electron chi connectivity index (χ0n) is 14.5. The van der Waals surface area contributed by atoms with Crippen molar-refractivity contribution in [3.8, 4) is 5.69 Å². The molecule has 0 fully saturated rings. The standard InChI is InChI=1S/C21H17BN2O2S/c23-15-6-9-17(10-7-15)27-21-12-24(20-4-2-1-3-18(20)21)16-8-5-14-13-26-22(25)19(14)11-16/h1-12,25H,13,23H2. The maximum absolute atomic E-state index is 10.0. The van der Waals surface area contributed by atoms with Crippen LogP contribution in [0.4, 0.5) is 5.69 Å². The van der Waals surface area contributed by atoms with Gasteiger partial charge in [-0.05, 0) is 53.5 Å². The number of hydrogen-bond acceptors (Lipinski definition) is 4. The molecule has 1 aliphatic rings. The van der Waals surface area contributed by atoms with Gasteiger partial charge < -0.3 is 20.0 Å². The van der Waals surface area contributed by atoms with E-state index >= 15 is 0 Å². The number of benzene rings is 3. The van der Waals surface area contributed by atoms with Gasteiger partial charge in [0.05, 0.1) is 12.1 Å². The minimum absolute atomic E-state index is 0.460. The molecule has 0 spiro atoms. The van der Waals surface area contributed by atoms with Gasteiger partial charge in [-0.3, -0.25) is 0 Å². The molecular weight excluding hydrogens is 355 g/mol. The summed E-state index contributed by atoms with van der Waals surface area (Å²) in [4.78, 5) is 2.32. The van der Waals surface area contributed by atoms with Crippen LogP contribution in [0.2, 0.25) is 0 Å². The Balaban J connectivity index is 1.61. The van der Waals surface area contributed by atoms with Gasteiger partial charge in [-0.15, -0.1) is 0 Å². The number of anilines is 1. The minimum Gasteiger partial charge on any atom is -0.423 e. The summed E-state index contributed by atoms with van der Waals surface area (Å²) >= 11 is 1.72. The fourth-order valence-corrected chi connectivity index (χ4v) is 4.42. The van der Waals surface area contributed by atoms with E-state index < -0.39 is 7.12 Å². The lowest BCUT2D eigenvalue weighted by molar-refractivity contribution is 0.275. The first-order valence-electron chi connectivity index (χ1n) is 8.75. The molecule has 0 amide bonds. The molecule has 1 aliphatic heterocycles. The molecule has 5 rings (SSSR count). The lowest BCUT2D eigenvalue weighted by Gasteiger charge is -2.07. The quantitative estimate of drug-likeness (QED) is 0.426. The second kappa shape index (κ2) is 6.49. The molecule has 0 radical (unpaired) electrons. The van der Waals surface area contributed by atoms with E-state index in [4.69, 9.17) is 10.4 Å². The average molecular weight is 372 g/mol. The van der Waals surface area contributed by atoms with E-state index in [1.807, 2.05) is 42.5 Å². The second-order valence-electron chi connectivity index (χ2n) is 6.60. The van der Waals surface area contributed by atoms with Crippen LogP contribution in [0.3, 0.4) is 0 Å². The second-order valence-corrected chi connectivity index (χ2v) is 7.71. The molecule has 3 aromatic carbocycles. The number of aromatic nitrogens is 1. The van der Waals surface area contributed by atoms with Crippen molar-refractivity contribution in [2.24, 2.45) is 0 Å². The van der Waals surface area contributed by atoms with Crippen molar-refractivity contribution in [2.75, 3.05) is 5.73 Å². The SMILES string of the molecule is Nc1ccc(Sc2cn(-c3ccc4c(c3)B(O)OC4)c3ccccc23)cc1. The normalized spacial score (nSPS) is 13.3. The molecule has 4 nitrogen and oxygen atoms in total. The van der Waals surface area contributed by atoms with Crippen LogP contribution < -0.4 is 11.2 Å². The van der Waals surface area contributed by atoms with Gasteiger partial charge >= 0.3 is 7.12 Å². The van der Waals surface area contributed by atoms with Crippen LogP contribution in [0.1, 0.15) is 5.56 Å². The van der Waals surface area contributed by atoms with Gasteiger partial charge in [0.2, 0.25) is 0 Å². The highest BCUT2D eigenvalue weighted by Gasteiger charge is 2.27. The average Bonchev–Trinajstić information content (AvgIpc) is 3.25. The van der Waals surface area contributed by atoms with Crippen molar-refractivity contribution in [3.05, 3.63) is 78.5 Å². The molecule has 0 aliphatic carbocycles. The Kier molecular flexibility index (Phi) is 3.97. The molecule has 0 unspecified atom stereocenters. The maximum atomic E-state index is 10.0. The fraction of sp³-hybridized carbons (Fsp3) is 0.0476. The van der Waals surface area contributed by atoms with Crippen LogP contribution in [0.25, 0.3) is 16.6 Å². The molecule has 132 valence electrons. The van der Waals surface area contributed by atoms with E-state index in [2.05, 4.69) is 35.0 Å². The van der Waals surface area contributed by atoms with Crippen molar-refractivity contribution < 1.29 is 9.68 Å². The first-order valence-corrected chi connectivity index (χ1v) is 9.57. The summed E-state index contributed by atoms with van der Waals surface area (Å²) in [7, 11) is -0.842. The lowest BCUT2D eigenvalue weighted by Crippen LogP contribution is -2.28. The van der Waals surface area contributed by atoms with Crippen LogP contribution in [-0.4, -0.2) is 16.7 Å². The third-order valence-corrected chi connectivity index (χ3v) is 5.91. The van der Waals surface area contributed by atoms with Gasteiger partial charge in [-0.2, -0.15) is 0 Å². The number of nitrogens with two attached hydrogens (primary N) is 1. The van der Waals surface area contributed by atoms with Crippen LogP contribution in [0.15, 0.2) is 82.7 Å². The summed E-state index contributed by atoms with van der Waals surface area (Å²) in [5.41, 5.74) is 10.6. The summed E-state index contributed by atoms with van der Waals surface area (Å²) in [5, 5.41) is 11.2. The van der Waals surface area contributed by atoms with Gasteiger partial charge in [-0.1, -0.05) is 36.0 Å². The highest BCUT2D eigenvalue weighted by molar-refractivity contribution is 7.99. The van der Waals surface area contributed by atoms with E-state index in [-0.39, 0.29) is 0 Å². The molecule has 2 heterocycles. The zero-order valence-corrected chi connectivity index (χ0v) is 15.3. The molecule has 0 saturated heterocycles. The number of rotatable bonds is 3. The van der Waals surface area contributed by atoms with Crippen molar-refractivity contribution in [3.63, 3.8) is 0 Å². The molecule has 6 heteroatoms. The van der Waals surface area contributed by atoms with E-state index in [1.165, 1.54) is 10.3 Å². The Morgan fingerprint density at radius 3 is 2.70 bits per heavy atom. The van der Waals surface area contributed by atoms with Crippen LogP contribution in [0.5, 0.6) is 0 Å². The van der Waals surface area contributed by atoms with Crippen molar-refractivity contribution in [1.82, 2.24) is 4.57 Å². The molecule has 0 atom stereocenters. The predicted octanol–water partition coefficient (Wildman–Crippen LogP) is 3.58. The van der Waals surface area contributed by atoms with E-state index in [9.17, 15) is 5.02 Å². The van der Waals surface area contributed by atoms with Crippen LogP contribution in [0, 0.1) is 0 Å². The monoisotopic (exact) mass is 372 g/mol. The molecular formula is C21H17BN2O2S. The number of hydrogen-bond donors (Lipinski definition) is 2. The first-order chi connectivity index (χ1) is 13.2. The van der Waals surface area contributed by atoms with Crippen molar-refractivity contribution in [2.45, 2.75) is 16.4 Å². The zero-order chi connectivity index (χ0) is 18.4. The largest absolute Gasteiger partial charge is 0.491 e. The third kappa shape index (κ3) is 2.92. The maximum Gasteiger partial charge on any atom is 0.491 e. The summed E-state index contributed by atoms with van der Waals surface area (Å²) < 4.78 is 7.49. The van der Waals surface area contributed by atoms with Gasteiger partial charge in [0.15, 0.2) is 0 Å². The van der Waals surface area contributed by atoms with Gasteiger partial charge in [0, 0.05) is 32.7 Å². The molecule has 4 aromatic rings. The highest BCUT2D eigenvalue weighted by atomic mass is 32.2. The number of fused-ring (bicyclic) bond motifs is 2. The molecule has 3 N–H and O–H groups in total. The van der Waals surface area contributed by atoms with Gasteiger partial charge in [0.25, 0.3) is 0 Å². The highest BCUT2D eigenvalue weighted by Crippen LogP contribution is 2.36. The topological polar surface area (TPSA) is 60.4 Å². The van der Waals surface area contributed by atoms with Gasteiger partial charge in [0.1, 0.15) is 0 Å². The Morgan fingerprint density at radius 1 is 1.04 bits per heavy atom. The van der Waals surface area contributed by atoms with E-state index in [0.29, 0.717) is 6.61 Å². The number of para-hydroxylation sites is 1. The summed E-state index contributed by atoms with van der Waals surface area (Å²) in [6.45, 7) is 0.460. The first kappa shape index (κ1) is 16.5. The fourth-order valence-electron chi connectivity index (χ4n) is 3.46. The summed E-state index contributed by atoms with van der Waals surface area (Å²) in [5.74, 6) is 0. The molecule has 0 bridgehead atoms. The van der Waals surface area contributed by atoms with Gasteiger partial charge in [-0.25, -0.2) is 0 Å². The van der Waals surface area contributed by atoms with E-state index in [1.54, 1.807) is 11.8 Å². The van der Waals surface area contributed by atoms with Crippen molar-refractivity contribution in [1.29, 1.82) is 0 Å². The minimum atomic E-state index is -0.842. The van der Waals surface area contributed by atoms with Crippen molar-refractivity contribution >= 4 is 40.9 Å².